The number of hydrogen-bond acceptors (Lipinski definition) is 2. The fourth-order valence-electron chi connectivity index (χ4n) is 2.12. The van der Waals surface area contributed by atoms with E-state index < -0.39 is 0 Å². The molecule has 0 aliphatic heterocycles. The minimum atomic E-state index is -0.198. The van der Waals surface area contributed by atoms with Crippen LogP contribution in [0, 0.1) is 0 Å². The van der Waals surface area contributed by atoms with Gasteiger partial charge in [-0.05, 0) is 44.9 Å². The first-order valence-electron chi connectivity index (χ1n) is 5.73. The first-order chi connectivity index (χ1) is 6.74. The van der Waals surface area contributed by atoms with Gasteiger partial charge in [0.1, 0.15) is 6.10 Å². The molecule has 0 unspecified atom stereocenters. The Hall–Kier alpha value is -0.730. The molecule has 0 radical (unpaired) electrons. The summed E-state index contributed by atoms with van der Waals surface area (Å²) in [6.07, 6.45) is 7.74. The molecule has 3 heteroatoms. The van der Waals surface area contributed by atoms with E-state index in [0.29, 0.717) is 0 Å². The fourth-order valence-corrected chi connectivity index (χ4v) is 2.12. The van der Waals surface area contributed by atoms with Gasteiger partial charge in [0.15, 0.2) is 0 Å². The van der Waals surface area contributed by atoms with Crippen molar-refractivity contribution in [2.75, 3.05) is 0 Å². The van der Waals surface area contributed by atoms with Crippen LogP contribution >= 0.6 is 0 Å². The van der Waals surface area contributed by atoms with E-state index >= 15 is 0 Å². The number of rotatable bonds is 3. The molecule has 0 spiro atoms. The summed E-state index contributed by atoms with van der Waals surface area (Å²) < 4.78 is 5.34. The van der Waals surface area contributed by atoms with Crippen LogP contribution in [0.2, 0.25) is 0 Å². The average Bonchev–Trinajstić information content (AvgIpc) is 2.74. The number of amides is 1. The number of alkyl carbamates (subject to hydrolysis) is 1. The first-order valence-corrected chi connectivity index (χ1v) is 5.73. The van der Waals surface area contributed by atoms with Crippen LogP contribution in [0.25, 0.3) is 0 Å². The summed E-state index contributed by atoms with van der Waals surface area (Å²) in [6, 6.07) is 0. The first kappa shape index (κ1) is 9.81. The predicted molar refractivity (Wildman–Crippen MR) is 54.1 cm³/mol. The molecule has 14 heavy (non-hydrogen) atoms. The van der Waals surface area contributed by atoms with Crippen LogP contribution in [-0.2, 0) is 4.74 Å². The third kappa shape index (κ3) is 2.20. The van der Waals surface area contributed by atoms with Crippen molar-refractivity contribution in [2.24, 2.45) is 0 Å². The van der Waals surface area contributed by atoms with Gasteiger partial charge < -0.3 is 10.1 Å². The summed E-state index contributed by atoms with van der Waals surface area (Å²) in [5.41, 5.74) is 0.0929. The summed E-state index contributed by atoms with van der Waals surface area (Å²) in [4.78, 5) is 11.5. The minimum absolute atomic E-state index is 0.0929. The van der Waals surface area contributed by atoms with Crippen LogP contribution in [0.15, 0.2) is 0 Å². The molecular weight excluding hydrogens is 178 g/mol. The lowest BCUT2D eigenvalue weighted by Crippen LogP contribution is -2.38. The number of hydrogen-bond donors (Lipinski definition) is 1. The average molecular weight is 197 g/mol. The molecule has 80 valence electrons. The maximum atomic E-state index is 11.5. The highest BCUT2D eigenvalue weighted by atomic mass is 16.6. The number of carbonyl (C=O) groups is 1. The molecule has 0 aromatic carbocycles. The summed E-state index contributed by atoms with van der Waals surface area (Å²) in [6.45, 7) is 2.11. The van der Waals surface area contributed by atoms with E-state index in [2.05, 4.69) is 12.2 Å². The van der Waals surface area contributed by atoms with Crippen molar-refractivity contribution < 1.29 is 9.53 Å². The van der Waals surface area contributed by atoms with E-state index in [4.69, 9.17) is 4.74 Å². The SMILES string of the molecule is CCC1(NC(=O)OC2CCCC2)CC1. The molecule has 2 aliphatic rings. The van der Waals surface area contributed by atoms with Crippen LogP contribution in [0.4, 0.5) is 4.79 Å². The number of carbonyl (C=O) groups excluding carboxylic acids is 1. The molecule has 3 nitrogen and oxygen atoms in total. The van der Waals surface area contributed by atoms with Gasteiger partial charge in [-0.15, -0.1) is 0 Å². The minimum Gasteiger partial charge on any atom is -0.446 e. The zero-order valence-corrected chi connectivity index (χ0v) is 8.84. The van der Waals surface area contributed by atoms with Gasteiger partial charge in [0.2, 0.25) is 0 Å². The fraction of sp³-hybridized carbons (Fsp3) is 0.909. The number of ether oxygens (including phenoxy) is 1. The Morgan fingerprint density at radius 2 is 2.07 bits per heavy atom. The highest BCUT2D eigenvalue weighted by molar-refractivity contribution is 5.69. The van der Waals surface area contributed by atoms with E-state index in [-0.39, 0.29) is 17.7 Å². The molecule has 2 aliphatic carbocycles. The lowest BCUT2D eigenvalue weighted by atomic mass is 10.2. The maximum absolute atomic E-state index is 11.5. The lowest BCUT2D eigenvalue weighted by molar-refractivity contribution is 0.0965. The van der Waals surface area contributed by atoms with Crippen molar-refractivity contribution >= 4 is 6.09 Å². The van der Waals surface area contributed by atoms with Crippen molar-refractivity contribution in [3.63, 3.8) is 0 Å². The van der Waals surface area contributed by atoms with E-state index in [0.717, 1.165) is 32.1 Å². The van der Waals surface area contributed by atoms with Gasteiger partial charge >= 0.3 is 6.09 Å². The summed E-state index contributed by atoms with van der Waals surface area (Å²) in [5.74, 6) is 0. The van der Waals surface area contributed by atoms with E-state index in [9.17, 15) is 4.79 Å². The Balaban J connectivity index is 1.73. The maximum Gasteiger partial charge on any atom is 0.407 e. The summed E-state index contributed by atoms with van der Waals surface area (Å²) in [7, 11) is 0. The molecule has 0 heterocycles. The molecule has 0 aromatic rings. The smallest absolute Gasteiger partial charge is 0.407 e. The highest BCUT2D eigenvalue weighted by Gasteiger charge is 2.42. The van der Waals surface area contributed by atoms with Crippen molar-refractivity contribution in [2.45, 2.75) is 63.5 Å². The van der Waals surface area contributed by atoms with Gasteiger partial charge in [-0.1, -0.05) is 6.92 Å². The quantitative estimate of drug-likeness (QED) is 0.755. The molecule has 1 amide bonds. The van der Waals surface area contributed by atoms with Crippen LogP contribution in [0.5, 0.6) is 0 Å². The Bertz CT molecular complexity index is 217. The molecule has 2 rings (SSSR count). The van der Waals surface area contributed by atoms with E-state index in [1.54, 1.807) is 0 Å². The van der Waals surface area contributed by atoms with Gasteiger partial charge in [0, 0.05) is 5.54 Å². The van der Waals surface area contributed by atoms with Crippen molar-refractivity contribution in [3.8, 4) is 0 Å². The summed E-state index contributed by atoms with van der Waals surface area (Å²) >= 11 is 0. The normalized spacial score (nSPS) is 24.6. The monoisotopic (exact) mass is 197 g/mol. The van der Waals surface area contributed by atoms with Gasteiger partial charge in [0.25, 0.3) is 0 Å². The van der Waals surface area contributed by atoms with E-state index in [1.165, 1.54) is 12.8 Å². The van der Waals surface area contributed by atoms with Gasteiger partial charge in [-0.25, -0.2) is 4.79 Å². The predicted octanol–water partition coefficient (Wildman–Crippen LogP) is 2.60. The van der Waals surface area contributed by atoms with Crippen LogP contribution < -0.4 is 5.32 Å². The Morgan fingerprint density at radius 3 is 2.57 bits per heavy atom. The standard InChI is InChI=1S/C11H19NO2/c1-2-11(7-8-11)12-10(13)14-9-5-3-4-6-9/h9H,2-8H2,1H3,(H,12,13). The second kappa shape index (κ2) is 3.79. The second-order valence-electron chi connectivity index (χ2n) is 4.57. The molecule has 0 bridgehead atoms. The van der Waals surface area contributed by atoms with Gasteiger partial charge in [0.05, 0.1) is 0 Å². The zero-order chi connectivity index (χ0) is 10.0. The molecule has 2 saturated carbocycles. The third-order valence-electron chi connectivity index (χ3n) is 3.47. The molecule has 1 N–H and O–H groups in total. The lowest BCUT2D eigenvalue weighted by Gasteiger charge is -2.17. The van der Waals surface area contributed by atoms with E-state index in [1.807, 2.05) is 0 Å². The van der Waals surface area contributed by atoms with Crippen molar-refractivity contribution in [3.05, 3.63) is 0 Å². The Labute approximate surface area is 85.2 Å². The van der Waals surface area contributed by atoms with Crippen LogP contribution in [-0.4, -0.2) is 17.7 Å². The molecule has 2 fully saturated rings. The topological polar surface area (TPSA) is 38.3 Å². The zero-order valence-electron chi connectivity index (χ0n) is 8.84. The Kier molecular flexibility index (Phi) is 2.66. The van der Waals surface area contributed by atoms with Crippen LogP contribution in [0.3, 0.4) is 0 Å². The Morgan fingerprint density at radius 1 is 1.43 bits per heavy atom. The third-order valence-corrected chi connectivity index (χ3v) is 3.47. The van der Waals surface area contributed by atoms with Crippen molar-refractivity contribution in [1.82, 2.24) is 5.32 Å². The second-order valence-corrected chi connectivity index (χ2v) is 4.57. The van der Waals surface area contributed by atoms with Crippen molar-refractivity contribution in [1.29, 1.82) is 0 Å². The summed E-state index contributed by atoms with van der Waals surface area (Å²) in [5, 5.41) is 2.98. The largest absolute Gasteiger partial charge is 0.446 e. The number of nitrogens with one attached hydrogen (secondary N) is 1. The molecule has 0 atom stereocenters. The van der Waals surface area contributed by atoms with Gasteiger partial charge in [-0.2, -0.15) is 0 Å². The van der Waals surface area contributed by atoms with Crippen LogP contribution in [0.1, 0.15) is 51.9 Å². The highest BCUT2D eigenvalue weighted by Crippen LogP contribution is 2.38. The molecule has 0 saturated heterocycles. The van der Waals surface area contributed by atoms with Gasteiger partial charge in [-0.3, -0.25) is 0 Å². The molecular formula is C11H19NO2. The molecule has 0 aromatic heterocycles.